The molecule has 0 bridgehead atoms. The molecular formula is C17H16FNO2. The van der Waals surface area contributed by atoms with E-state index in [2.05, 4.69) is 4.90 Å². The molecule has 108 valence electrons. The Balaban J connectivity index is 1.96. The van der Waals surface area contributed by atoms with Crippen LogP contribution in [-0.4, -0.2) is 17.6 Å². The Hall–Kier alpha value is -2.36. The van der Waals surface area contributed by atoms with Crippen LogP contribution in [0.1, 0.15) is 27.9 Å². The Labute approximate surface area is 122 Å². The van der Waals surface area contributed by atoms with Crippen LogP contribution in [0.3, 0.4) is 0 Å². The number of aromatic carboxylic acids is 1. The monoisotopic (exact) mass is 285 g/mol. The van der Waals surface area contributed by atoms with Gasteiger partial charge in [0, 0.05) is 24.3 Å². The molecule has 0 aromatic heterocycles. The molecule has 0 atom stereocenters. The van der Waals surface area contributed by atoms with E-state index in [4.69, 9.17) is 0 Å². The Morgan fingerprint density at radius 1 is 1.19 bits per heavy atom. The minimum Gasteiger partial charge on any atom is -0.478 e. The van der Waals surface area contributed by atoms with Gasteiger partial charge in [-0.15, -0.1) is 0 Å². The maximum atomic E-state index is 13.8. The normalized spacial score (nSPS) is 13.9. The minimum absolute atomic E-state index is 0.223. The van der Waals surface area contributed by atoms with Crippen LogP contribution in [0.2, 0.25) is 0 Å². The van der Waals surface area contributed by atoms with Crippen LogP contribution in [0.5, 0.6) is 0 Å². The molecule has 3 nitrogen and oxygen atoms in total. The van der Waals surface area contributed by atoms with E-state index in [1.807, 2.05) is 12.1 Å². The molecule has 3 rings (SSSR count). The topological polar surface area (TPSA) is 40.5 Å². The molecule has 21 heavy (non-hydrogen) atoms. The highest BCUT2D eigenvalue weighted by Crippen LogP contribution is 2.31. The van der Waals surface area contributed by atoms with Crippen LogP contribution in [-0.2, 0) is 13.0 Å². The van der Waals surface area contributed by atoms with Crippen molar-refractivity contribution in [1.29, 1.82) is 0 Å². The third-order valence-corrected chi connectivity index (χ3v) is 3.90. The average molecular weight is 285 g/mol. The lowest BCUT2D eigenvalue weighted by molar-refractivity contribution is 0.0695. The predicted octanol–water partition coefficient (Wildman–Crippen LogP) is 3.48. The van der Waals surface area contributed by atoms with Crippen LogP contribution in [0.25, 0.3) is 0 Å². The first-order chi connectivity index (χ1) is 10.2. The largest absolute Gasteiger partial charge is 0.478 e. The van der Waals surface area contributed by atoms with Crippen LogP contribution < -0.4 is 4.90 Å². The third kappa shape index (κ3) is 2.61. The van der Waals surface area contributed by atoms with Gasteiger partial charge in [-0.1, -0.05) is 24.3 Å². The van der Waals surface area contributed by atoms with Gasteiger partial charge >= 0.3 is 5.97 Å². The quantitative estimate of drug-likeness (QED) is 0.938. The van der Waals surface area contributed by atoms with Gasteiger partial charge in [0.05, 0.1) is 5.56 Å². The second-order valence-electron chi connectivity index (χ2n) is 5.22. The summed E-state index contributed by atoms with van der Waals surface area (Å²) in [7, 11) is 0. The zero-order valence-electron chi connectivity index (χ0n) is 11.6. The molecule has 2 aromatic rings. The van der Waals surface area contributed by atoms with Gasteiger partial charge < -0.3 is 10.0 Å². The van der Waals surface area contributed by atoms with Crippen molar-refractivity contribution in [2.45, 2.75) is 19.4 Å². The summed E-state index contributed by atoms with van der Waals surface area (Å²) < 4.78 is 13.8. The zero-order valence-corrected chi connectivity index (χ0v) is 11.6. The van der Waals surface area contributed by atoms with Gasteiger partial charge in [-0.25, -0.2) is 9.18 Å². The van der Waals surface area contributed by atoms with Crippen LogP contribution >= 0.6 is 0 Å². The molecule has 0 aliphatic carbocycles. The number of carboxylic acid groups (broad SMARTS) is 1. The van der Waals surface area contributed by atoms with Crippen molar-refractivity contribution in [3.05, 3.63) is 65.0 Å². The molecule has 4 heteroatoms. The molecule has 1 heterocycles. The smallest absolute Gasteiger partial charge is 0.336 e. The highest BCUT2D eigenvalue weighted by molar-refractivity contribution is 5.91. The van der Waals surface area contributed by atoms with Crippen molar-refractivity contribution >= 4 is 11.7 Å². The van der Waals surface area contributed by atoms with Crippen molar-refractivity contribution in [3.8, 4) is 0 Å². The van der Waals surface area contributed by atoms with E-state index in [1.54, 1.807) is 24.3 Å². The van der Waals surface area contributed by atoms with Gasteiger partial charge in [0.15, 0.2) is 0 Å². The summed E-state index contributed by atoms with van der Waals surface area (Å²) in [5.41, 5.74) is 2.74. The molecule has 1 aliphatic heterocycles. The molecule has 1 aliphatic rings. The number of rotatable bonds is 3. The number of hydrogen-bond donors (Lipinski definition) is 1. The highest BCUT2D eigenvalue weighted by Gasteiger charge is 2.22. The predicted molar refractivity (Wildman–Crippen MR) is 79.2 cm³/mol. The number of anilines is 1. The van der Waals surface area contributed by atoms with E-state index in [-0.39, 0.29) is 5.82 Å². The molecule has 0 unspecified atom stereocenters. The van der Waals surface area contributed by atoms with Gasteiger partial charge in [-0.3, -0.25) is 0 Å². The minimum atomic E-state index is -0.903. The summed E-state index contributed by atoms with van der Waals surface area (Å²) in [5.74, 6) is -1.13. The third-order valence-electron chi connectivity index (χ3n) is 3.90. The SMILES string of the molecule is O=C(O)c1cccc2c1CCCN2Cc1ccccc1F. The number of halogens is 1. The zero-order chi connectivity index (χ0) is 14.8. The van der Waals surface area contributed by atoms with Gasteiger partial charge in [0.1, 0.15) is 5.82 Å². The summed E-state index contributed by atoms with van der Waals surface area (Å²) in [4.78, 5) is 13.4. The molecule has 0 fully saturated rings. The second-order valence-corrected chi connectivity index (χ2v) is 5.22. The van der Waals surface area contributed by atoms with Gasteiger partial charge in [0.25, 0.3) is 0 Å². The Kier molecular flexibility index (Phi) is 3.60. The summed E-state index contributed by atoms with van der Waals surface area (Å²) in [6.07, 6.45) is 1.64. The average Bonchev–Trinajstić information content (AvgIpc) is 2.49. The van der Waals surface area contributed by atoms with Crippen molar-refractivity contribution in [2.75, 3.05) is 11.4 Å². The van der Waals surface area contributed by atoms with E-state index in [9.17, 15) is 14.3 Å². The Morgan fingerprint density at radius 3 is 2.76 bits per heavy atom. The first kappa shape index (κ1) is 13.6. The first-order valence-corrected chi connectivity index (χ1v) is 7.00. The molecule has 0 saturated heterocycles. The van der Waals surface area contributed by atoms with E-state index in [0.29, 0.717) is 17.7 Å². The summed E-state index contributed by atoms with van der Waals surface area (Å²) in [6.45, 7) is 1.27. The maximum Gasteiger partial charge on any atom is 0.336 e. The van der Waals surface area contributed by atoms with E-state index >= 15 is 0 Å². The number of nitrogens with zero attached hydrogens (tertiary/aromatic N) is 1. The van der Waals surface area contributed by atoms with Crippen molar-refractivity contribution in [3.63, 3.8) is 0 Å². The molecule has 0 radical (unpaired) electrons. The lowest BCUT2D eigenvalue weighted by Crippen LogP contribution is -2.30. The number of carbonyl (C=O) groups is 1. The first-order valence-electron chi connectivity index (χ1n) is 7.00. The number of fused-ring (bicyclic) bond motifs is 1. The van der Waals surface area contributed by atoms with Gasteiger partial charge in [0.2, 0.25) is 0 Å². The van der Waals surface area contributed by atoms with Crippen molar-refractivity contribution in [2.24, 2.45) is 0 Å². The van der Waals surface area contributed by atoms with Crippen LogP contribution in [0, 0.1) is 5.82 Å². The summed E-state index contributed by atoms with van der Waals surface area (Å²) in [5, 5.41) is 9.28. The summed E-state index contributed by atoms with van der Waals surface area (Å²) >= 11 is 0. The standard InChI is InChI=1S/C17H16FNO2/c18-15-8-2-1-5-12(15)11-19-10-4-7-13-14(17(20)21)6-3-9-16(13)19/h1-3,5-6,8-9H,4,7,10-11H2,(H,20,21). The molecule has 2 aromatic carbocycles. The molecular weight excluding hydrogens is 269 g/mol. The fraction of sp³-hybridized carbons (Fsp3) is 0.235. The molecule has 1 N–H and O–H groups in total. The van der Waals surface area contributed by atoms with Crippen LogP contribution in [0.15, 0.2) is 42.5 Å². The van der Waals surface area contributed by atoms with Crippen molar-refractivity contribution < 1.29 is 14.3 Å². The van der Waals surface area contributed by atoms with Crippen molar-refractivity contribution in [1.82, 2.24) is 0 Å². The maximum absolute atomic E-state index is 13.8. The van der Waals surface area contributed by atoms with E-state index in [0.717, 1.165) is 30.6 Å². The second kappa shape index (κ2) is 5.56. The molecule has 0 amide bonds. The Morgan fingerprint density at radius 2 is 2.00 bits per heavy atom. The highest BCUT2D eigenvalue weighted by atomic mass is 19.1. The van der Waals surface area contributed by atoms with Gasteiger partial charge in [-0.05, 0) is 36.6 Å². The number of hydrogen-bond acceptors (Lipinski definition) is 2. The van der Waals surface area contributed by atoms with E-state index < -0.39 is 5.97 Å². The lowest BCUT2D eigenvalue weighted by Gasteiger charge is -2.32. The number of benzene rings is 2. The fourth-order valence-corrected chi connectivity index (χ4v) is 2.90. The Bertz CT molecular complexity index is 684. The lowest BCUT2D eigenvalue weighted by atomic mass is 9.96. The van der Waals surface area contributed by atoms with E-state index in [1.165, 1.54) is 6.07 Å². The summed E-state index contributed by atoms with van der Waals surface area (Å²) in [6, 6.07) is 12.0. The van der Waals surface area contributed by atoms with Gasteiger partial charge in [-0.2, -0.15) is 0 Å². The molecule has 0 spiro atoms. The fourth-order valence-electron chi connectivity index (χ4n) is 2.90. The number of carboxylic acids is 1. The van der Waals surface area contributed by atoms with Crippen LogP contribution in [0.4, 0.5) is 10.1 Å². The molecule has 0 saturated carbocycles.